The standard InChI is InChI=1S/C16H11BrFNO2/c1-21-15-5-3-2-4-11(15)12(9-19)16(20)10-6-7-14(18)13(17)8-10/h2-8,12H,1H3. The highest BCUT2D eigenvalue weighted by Crippen LogP contribution is 2.29. The summed E-state index contributed by atoms with van der Waals surface area (Å²) in [4.78, 5) is 12.5. The molecule has 0 fully saturated rings. The maximum absolute atomic E-state index is 13.2. The quantitative estimate of drug-likeness (QED) is 0.782. The Morgan fingerprint density at radius 1 is 1.33 bits per heavy atom. The minimum atomic E-state index is -1.00. The minimum absolute atomic E-state index is 0.185. The first kappa shape index (κ1) is 15.2. The van der Waals surface area contributed by atoms with Crippen molar-refractivity contribution in [2.45, 2.75) is 5.92 Å². The fraction of sp³-hybridized carbons (Fsp3) is 0.125. The zero-order valence-electron chi connectivity index (χ0n) is 11.1. The SMILES string of the molecule is COc1ccccc1C(C#N)C(=O)c1ccc(F)c(Br)c1. The van der Waals surface area contributed by atoms with Crippen LogP contribution in [0.2, 0.25) is 0 Å². The second-order valence-electron chi connectivity index (χ2n) is 4.30. The van der Waals surface area contributed by atoms with Crippen LogP contribution in [0.25, 0.3) is 0 Å². The second kappa shape index (κ2) is 6.51. The molecular formula is C16H11BrFNO2. The summed E-state index contributed by atoms with van der Waals surface area (Å²) in [7, 11) is 1.48. The Morgan fingerprint density at radius 3 is 2.67 bits per heavy atom. The third-order valence-corrected chi connectivity index (χ3v) is 3.65. The van der Waals surface area contributed by atoms with Crippen molar-refractivity contribution < 1.29 is 13.9 Å². The molecule has 0 saturated heterocycles. The highest BCUT2D eigenvalue weighted by atomic mass is 79.9. The van der Waals surface area contributed by atoms with Gasteiger partial charge in [0, 0.05) is 11.1 Å². The molecule has 1 atom stereocenters. The predicted molar refractivity (Wildman–Crippen MR) is 79.8 cm³/mol. The van der Waals surface area contributed by atoms with Gasteiger partial charge in [-0.05, 0) is 40.2 Å². The molecule has 0 saturated carbocycles. The van der Waals surface area contributed by atoms with E-state index in [-0.39, 0.29) is 10.0 Å². The van der Waals surface area contributed by atoms with E-state index in [4.69, 9.17) is 4.74 Å². The monoisotopic (exact) mass is 347 g/mol. The topological polar surface area (TPSA) is 50.1 Å². The molecule has 0 aliphatic carbocycles. The van der Waals surface area contributed by atoms with Gasteiger partial charge in [-0.15, -0.1) is 0 Å². The fourth-order valence-electron chi connectivity index (χ4n) is 1.99. The Labute approximate surface area is 130 Å². The number of benzene rings is 2. The van der Waals surface area contributed by atoms with E-state index in [0.29, 0.717) is 11.3 Å². The number of rotatable bonds is 4. The summed E-state index contributed by atoms with van der Waals surface area (Å²) in [6.07, 6.45) is 0. The number of ketones is 1. The average Bonchev–Trinajstić information content (AvgIpc) is 2.51. The first-order chi connectivity index (χ1) is 10.1. The molecule has 0 radical (unpaired) electrons. The molecule has 1 unspecified atom stereocenters. The van der Waals surface area contributed by atoms with Crippen molar-refractivity contribution >= 4 is 21.7 Å². The Kier molecular flexibility index (Phi) is 4.71. The largest absolute Gasteiger partial charge is 0.496 e. The minimum Gasteiger partial charge on any atom is -0.496 e. The van der Waals surface area contributed by atoms with Gasteiger partial charge in [-0.2, -0.15) is 5.26 Å². The van der Waals surface area contributed by atoms with Crippen LogP contribution in [0, 0.1) is 17.1 Å². The fourth-order valence-corrected chi connectivity index (χ4v) is 2.37. The van der Waals surface area contributed by atoms with Gasteiger partial charge in [0.1, 0.15) is 17.5 Å². The molecule has 0 aromatic heterocycles. The van der Waals surface area contributed by atoms with Gasteiger partial charge in [0.15, 0.2) is 5.78 Å². The van der Waals surface area contributed by atoms with Crippen LogP contribution in [0.3, 0.4) is 0 Å². The summed E-state index contributed by atoms with van der Waals surface area (Å²) in [5.74, 6) is -1.39. The van der Waals surface area contributed by atoms with Gasteiger partial charge in [0.2, 0.25) is 0 Å². The Balaban J connectivity index is 2.44. The zero-order chi connectivity index (χ0) is 15.4. The van der Waals surface area contributed by atoms with Gasteiger partial charge in [-0.25, -0.2) is 4.39 Å². The number of methoxy groups -OCH3 is 1. The van der Waals surface area contributed by atoms with E-state index < -0.39 is 17.5 Å². The predicted octanol–water partition coefficient (Wildman–Crippen LogP) is 4.09. The Hall–Kier alpha value is -2.19. The molecule has 21 heavy (non-hydrogen) atoms. The molecule has 2 rings (SSSR count). The van der Waals surface area contributed by atoms with Crippen LogP contribution in [0.4, 0.5) is 4.39 Å². The summed E-state index contributed by atoms with van der Waals surface area (Å²) in [5, 5.41) is 9.34. The van der Waals surface area contributed by atoms with Crippen molar-refractivity contribution in [3.8, 4) is 11.8 Å². The van der Waals surface area contributed by atoms with Gasteiger partial charge >= 0.3 is 0 Å². The molecular weight excluding hydrogens is 337 g/mol. The summed E-state index contributed by atoms with van der Waals surface area (Å²) in [6, 6.07) is 12.8. The number of hydrogen-bond donors (Lipinski definition) is 0. The molecule has 2 aromatic carbocycles. The lowest BCUT2D eigenvalue weighted by molar-refractivity contribution is 0.0977. The summed E-state index contributed by atoms with van der Waals surface area (Å²) >= 11 is 3.03. The van der Waals surface area contributed by atoms with Crippen LogP contribution < -0.4 is 4.74 Å². The molecule has 0 N–H and O–H groups in total. The molecule has 0 aliphatic rings. The maximum Gasteiger partial charge on any atom is 0.184 e. The van der Waals surface area contributed by atoms with Crippen molar-refractivity contribution in [3.63, 3.8) is 0 Å². The molecule has 0 heterocycles. The van der Waals surface area contributed by atoms with E-state index in [2.05, 4.69) is 15.9 Å². The van der Waals surface area contributed by atoms with E-state index >= 15 is 0 Å². The average molecular weight is 348 g/mol. The molecule has 3 nitrogen and oxygen atoms in total. The smallest absolute Gasteiger partial charge is 0.184 e. The molecule has 0 aliphatic heterocycles. The number of para-hydroxylation sites is 1. The Bertz CT molecular complexity index is 724. The first-order valence-corrected chi connectivity index (χ1v) is 6.89. The summed E-state index contributed by atoms with van der Waals surface area (Å²) < 4.78 is 18.6. The van der Waals surface area contributed by atoms with Crippen molar-refractivity contribution in [1.82, 2.24) is 0 Å². The zero-order valence-corrected chi connectivity index (χ0v) is 12.7. The van der Waals surface area contributed by atoms with E-state index in [0.717, 1.165) is 0 Å². The summed E-state index contributed by atoms with van der Waals surface area (Å²) in [5.41, 5.74) is 0.758. The lowest BCUT2D eigenvalue weighted by Crippen LogP contribution is -2.12. The number of halogens is 2. The van der Waals surface area contributed by atoms with Crippen LogP contribution in [0.1, 0.15) is 21.8 Å². The Morgan fingerprint density at radius 2 is 2.05 bits per heavy atom. The van der Waals surface area contributed by atoms with Crippen molar-refractivity contribution in [3.05, 3.63) is 63.9 Å². The van der Waals surface area contributed by atoms with Gasteiger partial charge in [-0.3, -0.25) is 4.79 Å². The van der Waals surface area contributed by atoms with Crippen LogP contribution in [0.5, 0.6) is 5.75 Å². The third-order valence-electron chi connectivity index (χ3n) is 3.05. The number of nitriles is 1. The van der Waals surface area contributed by atoms with Crippen molar-refractivity contribution in [1.29, 1.82) is 5.26 Å². The van der Waals surface area contributed by atoms with Gasteiger partial charge < -0.3 is 4.74 Å². The molecule has 0 bridgehead atoms. The molecule has 106 valence electrons. The van der Waals surface area contributed by atoms with E-state index in [1.807, 2.05) is 6.07 Å². The van der Waals surface area contributed by atoms with Crippen molar-refractivity contribution in [2.24, 2.45) is 0 Å². The third kappa shape index (κ3) is 3.11. The second-order valence-corrected chi connectivity index (χ2v) is 5.15. The normalized spacial score (nSPS) is 11.5. The first-order valence-electron chi connectivity index (χ1n) is 6.10. The molecule has 5 heteroatoms. The number of hydrogen-bond acceptors (Lipinski definition) is 3. The number of ether oxygens (including phenoxy) is 1. The van der Waals surface area contributed by atoms with Gasteiger partial charge in [0.25, 0.3) is 0 Å². The molecule has 2 aromatic rings. The van der Waals surface area contributed by atoms with Crippen LogP contribution in [-0.4, -0.2) is 12.9 Å². The van der Waals surface area contributed by atoms with E-state index in [1.165, 1.54) is 25.3 Å². The van der Waals surface area contributed by atoms with E-state index in [1.54, 1.807) is 24.3 Å². The van der Waals surface area contributed by atoms with Crippen LogP contribution in [0.15, 0.2) is 46.9 Å². The van der Waals surface area contributed by atoms with Crippen LogP contribution in [-0.2, 0) is 0 Å². The van der Waals surface area contributed by atoms with E-state index in [9.17, 15) is 14.4 Å². The van der Waals surface area contributed by atoms with Crippen LogP contribution >= 0.6 is 15.9 Å². The summed E-state index contributed by atoms with van der Waals surface area (Å²) in [6.45, 7) is 0. The lowest BCUT2D eigenvalue weighted by atomic mass is 9.91. The number of nitrogens with zero attached hydrogens (tertiary/aromatic N) is 1. The van der Waals surface area contributed by atoms with Crippen molar-refractivity contribution in [2.75, 3.05) is 7.11 Å². The molecule has 0 amide bonds. The van der Waals surface area contributed by atoms with Gasteiger partial charge in [0.05, 0.1) is 17.7 Å². The highest BCUT2D eigenvalue weighted by Gasteiger charge is 2.25. The molecule has 0 spiro atoms. The lowest BCUT2D eigenvalue weighted by Gasteiger charge is -2.13. The highest BCUT2D eigenvalue weighted by molar-refractivity contribution is 9.10. The maximum atomic E-state index is 13.2. The number of carbonyl (C=O) groups is 1. The number of carbonyl (C=O) groups excluding carboxylic acids is 1. The van der Waals surface area contributed by atoms with Gasteiger partial charge in [-0.1, -0.05) is 18.2 Å². The number of Topliss-reactive ketones (excluding diaryl/α,β-unsaturated/α-hetero) is 1.